The fourth-order valence-corrected chi connectivity index (χ4v) is 5.98. The molecular formula is C26H32ClFN6O3. The Bertz CT molecular complexity index is 1220. The number of H-pyrrole nitrogens is 1. The number of imidazole rings is 1. The van der Waals surface area contributed by atoms with E-state index in [0.29, 0.717) is 63.0 Å². The summed E-state index contributed by atoms with van der Waals surface area (Å²) in [6.45, 7) is 4.97. The fraction of sp³-hybridized carbons (Fsp3) is 0.538. The van der Waals surface area contributed by atoms with Gasteiger partial charge in [-0.1, -0.05) is 11.6 Å². The molecule has 2 aromatic rings. The zero-order chi connectivity index (χ0) is 26.3. The first-order valence-electron chi connectivity index (χ1n) is 12.8. The monoisotopic (exact) mass is 530 g/mol. The molecule has 3 amide bonds. The normalized spacial score (nSPS) is 24.6. The lowest BCUT2D eigenvalue weighted by atomic mass is 9.71. The molecule has 2 saturated heterocycles. The van der Waals surface area contributed by atoms with Gasteiger partial charge in [0.15, 0.2) is 5.69 Å². The van der Waals surface area contributed by atoms with Gasteiger partial charge in [-0.15, -0.1) is 0 Å². The molecule has 11 heteroatoms. The molecule has 2 N–H and O–H groups in total. The summed E-state index contributed by atoms with van der Waals surface area (Å²) in [5.74, 6) is -0.980. The van der Waals surface area contributed by atoms with Crippen LogP contribution in [0.25, 0.3) is 0 Å². The molecule has 198 valence electrons. The SMILES string of the molecule is Cc1cc(N2CCC3(CCC(NC(=O)c4nc[nH]c4C(=O)N4CCN(C)CC4)CC3)C2=O)c(Cl)cc1F. The Hall–Kier alpha value is -2.98. The summed E-state index contributed by atoms with van der Waals surface area (Å²) in [5.41, 5.74) is 0.815. The fourth-order valence-electron chi connectivity index (χ4n) is 5.73. The number of rotatable bonds is 4. The third kappa shape index (κ3) is 4.84. The van der Waals surface area contributed by atoms with Crippen molar-refractivity contribution in [1.29, 1.82) is 0 Å². The molecule has 3 aliphatic rings. The molecule has 9 nitrogen and oxygen atoms in total. The number of anilines is 1. The van der Waals surface area contributed by atoms with E-state index in [1.165, 1.54) is 12.4 Å². The van der Waals surface area contributed by atoms with Gasteiger partial charge in [-0.3, -0.25) is 14.4 Å². The van der Waals surface area contributed by atoms with Gasteiger partial charge in [-0.2, -0.15) is 0 Å². The van der Waals surface area contributed by atoms with Crippen LogP contribution in [0.15, 0.2) is 18.5 Å². The number of hydrogen-bond acceptors (Lipinski definition) is 5. The quantitative estimate of drug-likeness (QED) is 0.633. The number of amides is 3. The Kier molecular flexibility index (Phi) is 6.97. The highest BCUT2D eigenvalue weighted by Crippen LogP contribution is 2.47. The Morgan fingerprint density at radius 1 is 1.14 bits per heavy atom. The molecule has 1 aromatic carbocycles. The van der Waals surface area contributed by atoms with E-state index < -0.39 is 11.2 Å². The minimum Gasteiger partial charge on any atom is -0.348 e. The maximum absolute atomic E-state index is 13.9. The van der Waals surface area contributed by atoms with Crippen LogP contribution in [-0.4, -0.2) is 83.3 Å². The van der Waals surface area contributed by atoms with Crippen LogP contribution in [0.5, 0.6) is 0 Å². The molecule has 1 saturated carbocycles. The number of aromatic amines is 1. The minimum absolute atomic E-state index is 0.0116. The lowest BCUT2D eigenvalue weighted by Crippen LogP contribution is -2.48. The van der Waals surface area contributed by atoms with E-state index in [1.807, 2.05) is 7.05 Å². The second-order valence-corrected chi connectivity index (χ2v) is 10.9. The van der Waals surface area contributed by atoms with Gasteiger partial charge < -0.3 is 25.0 Å². The molecule has 0 unspecified atom stereocenters. The number of aryl methyl sites for hydroxylation is 1. The number of likely N-dealkylation sites (N-methyl/N-ethyl adjacent to an activating group) is 1. The maximum atomic E-state index is 13.9. The van der Waals surface area contributed by atoms with Crippen molar-refractivity contribution in [2.24, 2.45) is 5.41 Å². The molecule has 3 fully saturated rings. The van der Waals surface area contributed by atoms with E-state index in [-0.39, 0.29) is 40.2 Å². The van der Waals surface area contributed by atoms with Crippen LogP contribution in [0, 0.1) is 18.2 Å². The summed E-state index contributed by atoms with van der Waals surface area (Å²) < 4.78 is 13.9. The Morgan fingerprint density at radius 2 is 1.84 bits per heavy atom. The van der Waals surface area contributed by atoms with Gasteiger partial charge in [0.05, 0.1) is 22.5 Å². The standard InChI is InChI=1S/C26H32ClFN6O3/c1-16-13-20(18(27)14-19(16)28)34-8-7-26(25(34)37)5-3-17(4-6-26)31-23(35)21-22(30-15-29-21)24(36)33-11-9-32(2)10-12-33/h13-15,17H,3-12H2,1-2H3,(H,29,30)(H,31,35). The highest BCUT2D eigenvalue weighted by Gasteiger charge is 2.49. The van der Waals surface area contributed by atoms with E-state index in [1.54, 1.807) is 22.8 Å². The van der Waals surface area contributed by atoms with Crippen molar-refractivity contribution in [2.45, 2.75) is 45.1 Å². The topological polar surface area (TPSA) is 102 Å². The maximum Gasteiger partial charge on any atom is 0.272 e. The average molecular weight is 531 g/mol. The summed E-state index contributed by atoms with van der Waals surface area (Å²) in [6.07, 6.45) is 4.64. The van der Waals surface area contributed by atoms with Crippen molar-refractivity contribution >= 4 is 35.0 Å². The van der Waals surface area contributed by atoms with Gasteiger partial charge in [-0.25, -0.2) is 9.37 Å². The van der Waals surface area contributed by atoms with Crippen molar-refractivity contribution in [3.63, 3.8) is 0 Å². The van der Waals surface area contributed by atoms with Crippen molar-refractivity contribution in [3.05, 3.63) is 46.3 Å². The summed E-state index contributed by atoms with van der Waals surface area (Å²) in [7, 11) is 2.01. The molecule has 0 radical (unpaired) electrons. The molecule has 1 aliphatic carbocycles. The molecule has 3 heterocycles. The molecule has 0 bridgehead atoms. The van der Waals surface area contributed by atoms with Crippen LogP contribution in [-0.2, 0) is 4.79 Å². The van der Waals surface area contributed by atoms with E-state index in [2.05, 4.69) is 20.2 Å². The number of nitrogens with zero attached hydrogens (tertiary/aromatic N) is 4. The Labute approximate surface area is 220 Å². The van der Waals surface area contributed by atoms with Crippen LogP contribution in [0.1, 0.15) is 58.6 Å². The first-order chi connectivity index (χ1) is 17.7. The molecule has 37 heavy (non-hydrogen) atoms. The first kappa shape index (κ1) is 25.7. The smallest absolute Gasteiger partial charge is 0.272 e. The predicted molar refractivity (Wildman–Crippen MR) is 137 cm³/mol. The van der Waals surface area contributed by atoms with Crippen molar-refractivity contribution in [3.8, 4) is 0 Å². The second kappa shape index (κ2) is 10.1. The summed E-state index contributed by atoms with van der Waals surface area (Å²) >= 11 is 6.28. The summed E-state index contributed by atoms with van der Waals surface area (Å²) in [4.78, 5) is 52.1. The number of carbonyl (C=O) groups excluding carboxylic acids is 3. The third-order valence-corrected chi connectivity index (χ3v) is 8.47. The zero-order valence-corrected chi connectivity index (χ0v) is 21.9. The van der Waals surface area contributed by atoms with Gasteiger partial charge in [0.1, 0.15) is 11.5 Å². The Balaban J connectivity index is 1.20. The van der Waals surface area contributed by atoms with Gasteiger partial charge >= 0.3 is 0 Å². The number of carbonyl (C=O) groups is 3. The largest absolute Gasteiger partial charge is 0.348 e. The molecule has 1 spiro atoms. The van der Waals surface area contributed by atoms with E-state index >= 15 is 0 Å². The second-order valence-electron chi connectivity index (χ2n) is 10.5. The number of piperazine rings is 1. The molecule has 1 aromatic heterocycles. The first-order valence-corrected chi connectivity index (χ1v) is 13.2. The average Bonchev–Trinajstić information content (AvgIpc) is 3.49. The molecular weight excluding hydrogens is 499 g/mol. The third-order valence-electron chi connectivity index (χ3n) is 8.17. The van der Waals surface area contributed by atoms with Crippen molar-refractivity contribution < 1.29 is 18.8 Å². The molecule has 0 atom stereocenters. The number of benzene rings is 1. The number of halogens is 2. The van der Waals surface area contributed by atoms with Crippen LogP contribution < -0.4 is 10.2 Å². The lowest BCUT2D eigenvalue weighted by molar-refractivity contribution is -0.127. The highest BCUT2D eigenvalue weighted by atomic mass is 35.5. The van der Waals surface area contributed by atoms with Gasteiger partial charge in [-0.05, 0) is 63.8 Å². The zero-order valence-electron chi connectivity index (χ0n) is 21.1. The molecule has 2 aliphatic heterocycles. The van der Waals surface area contributed by atoms with Crippen molar-refractivity contribution in [1.82, 2.24) is 25.1 Å². The predicted octanol–water partition coefficient (Wildman–Crippen LogP) is 2.99. The Morgan fingerprint density at radius 3 is 2.54 bits per heavy atom. The van der Waals surface area contributed by atoms with E-state index in [0.717, 1.165) is 13.1 Å². The van der Waals surface area contributed by atoms with Crippen LogP contribution >= 0.6 is 11.6 Å². The van der Waals surface area contributed by atoms with Crippen LogP contribution in [0.3, 0.4) is 0 Å². The highest BCUT2D eigenvalue weighted by molar-refractivity contribution is 6.34. The number of aromatic nitrogens is 2. The summed E-state index contributed by atoms with van der Waals surface area (Å²) in [6, 6.07) is 2.78. The van der Waals surface area contributed by atoms with Gasteiger partial charge in [0, 0.05) is 38.8 Å². The minimum atomic E-state index is -0.498. The number of hydrogen-bond donors (Lipinski definition) is 2. The van der Waals surface area contributed by atoms with Crippen LogP contribution in [0.2, 0.25) is 5.02 Å². The van der Waals surface area contributed by atoms with E-state index in [9.17, 15) is 18.8 Å². The van der Waals surface area contributed by atoms with Crippen LogP contribution in [0.4, 0.5) is 10.1 Å². The number of nitrogens with one attached hydrogen (secondary N) is 2. The molecule has 5 rings (SSSR count). The van der Waals surface area contributed by atoms with Crippen molar-refractivity contribution in [2.75, 3.05) is 44.7 Å². The lowest BCUT2D eigenvalue weighted by Gasteiger charge is -2.36. The summed E-state index contributed by atoms with van der Waals surface area (Å²) in [5, 5.41) is 3.26. The van der Waals surface area contributed by atoms with Gasteiger partial charge in [0.25, 0.3) is 11.8 Å². The van der Waals surface area contributed by atoms with Gasteiger partial charge in [0.2, 0.25) is 5.91 Å². The van der Waals surface area contributed by atoms with E-state index in [4.69, 9.17) is 11.6 Å².